The molecule has 3 saturated heterocycles. The van der Waals surface area contributed by atoms with E-state index in [2.05, 4.69) is 53.1 Å². The summed E-state index contributed by atoms with van der Waals surface area (Å²) in [5.41, 5.74) is 16.3. The van der Waals surface area contributed by atoms with Crippen molar-refractivity contribution in [3.8, 4) is 33.9 Å². The molecule has 0 radical (unpaired) electrons. The number of anilines is 1. The fourth-order valence-electron chi connectivity index (χ4n) is 11.9. The van der Waals surface area contributed by atoms with E-state index >= 15 is 0 Å². The number of methoxy groups -OCH3 is 1. The Kier molecular flexibility index (Phi) is 17.6. The maximum absolute atomic E-state index is 15.0. The average Bonchev–Trinajstić information content (AvgIpc) is 4.14. The maximum atomic E-state index is 15.0. The number of hydrogen-bond acceptors (Lipinski definition) is 15. The molecule has 2 aromatic heterocycles. The molecule has 3 fully saturated rings. The number of fused-ring (bicyclic) bond motifs is 6. The average molecular weight is 1120 g/mol. The minimum atomic E-state index is -3.03. The highest BCUT2D eigenvalue weighted by Crippen LogP contribution is 2.43. The summed E-state index contributed by atoms with van der Waals surface area (Å²) in [4.78, 5) is 66.8. The standard InChI is InChI=1S/C60H78N8O11S/c1-9-67-51-17-14-40-31-46(51)48(54(67)47-32-44(34-62-52(47)37(4)76-8)77-24-20-66-21-25-80(74,75)26-22-66)33-60(5,6)35-79-59(73)49-11-10-19-68(64-49)57(71)50(29-38-27-41(40)30-43(69)28-38)63-56(70)53(36(2)3)65(7)58(72)55-45(18-23-78-55)39-12-15-42(61)16-13-39/h12-17,27-28,30-32,34,36-37,45,49-50,53,55,64,69H,9-11,18-26,29,33,35,61H2,1-8H3,(H,63,70). The van der Waals surface area contributed by atoms with E-state index in [9.17, 15) is 32.7 Å². The molecule has 4 aliphatic rings. The van der Waals surface area contributed by atoms with Gasteiger partial charge in [-0.3, -0.25) is 34.1 Å². The number of cyclic esters (lactones) is 1. The number of sulfone groups is 1. The number of rotatable bonds is 14. The smallest absolute Gasteiger partial charge is 0.324 e. The lowest BCUT2D eigenvalue weighted by Crippen LogP contribution is -2.62. The van der Waals surface area contributed by atoms with Gasteiger partial charge in [0.1, 0.15) is 42.3 Å². The number of nitrogens with zero attached hydrogens (tertiary/aromatic N) is 5. The highest BCUT2D eigenvalue weighted by atomic mass is 32.2. The van der Waals surface area contributed by atoms with E-state index in [0.29, 0.717) is 93.3 Å². The van der Waals surface area contributed by atoms with Crippen molar-refractivity contribution in [2.75, 3.05) is 77.4 Å². The Morgan fingerprint density at radius 2 is 1.75 bits per heavy atom. The van der Waals surface area contributed by atoms with Crippen molar-refractivity contribution < 1.29 is 51.6 Å². The maximum Gasteiger partial charge on any atom is 0.324 e. The molecule has 0 spiro atoms. The van der Waals surface area contributed by atoms with E-state index < -0.39 is 63.4 Å². The number of carbonyl (C=O) groups excluding carboxylic acids is 4. The van der Waals surface area contributed by atoms with Gasteiger partial charge in [-0.1, -0.05) is 52.0 Å². The number of aryl methyl sites for hydroxylation is 1. The van der Waals surface area contributed by atoms with Crippen LogP contribution in [0.15, 0.2) is 72.9 Å². The third-order valence-electron chi connectivity index (χ3n) is 16.2. The van der Waals surface area contributed by atoms with Crippen LogP contribution in [0.1, 0.15) is 95.2 Å². The summed E-state index contributed by atoms with van der Waals surface area (Å²) in [6.07, 6.45) is 2.35. The molecule has 4 aliphatic heterocycles. The Balaban J connectivity index is 1.09. The molecule has 19 nitrogen and oxygen atoms in total. The summed E-state index contributed by atoms with van der Waals surface area (Å²) in [7, 11) is 0.203. The van der Waals surface area contributed by atoms with Crippen LogP contribution < -0.4 is 21.2 Å². The Labute approximate surface area is 469 Å². The minimum Gasteiger partial charge on any atom is -0.508 e. The molecule has 0 aliphatic carbocycles. The van der Waals surface area contributed by atoms with E-state index in [0.717, 1.165) is 38.9 Å². The van der Waals surface area contributed by atoms with Crippen molar-refractivity contribution in [2.45, 2.75) is 116 Å². The van der Waals surface area contributed by atoms with E-state index in [1.807, 2.05) is 51.1 Å². The van der Waals surface area contributed by atoms with Gasteiger partial charge in [-0.25, -0.2) is 13.8 Å². The summed E-state index contributed by atoms with van der Waals surface area (Å²) in [6, 6.07) is 17.6. The van der Waals surface area contributed by atoms with E-state index in [1.54, 1.807) is 44.6 Å². The van der Waals surface area contributed by atoms with Crippen LogP contribution in [0.2, 0.25) is 0 Å². The molecule has 20 heteroatoms. The largest absolute Gasteiger partial charge is 0.508 e. The number of carbonyl (C=O) groups is 4. The first-order chi connectivity index (χ1) is 38.1. The Hall–Kier alpha value is -6.58. The lowest BCUT2D eigenvalue weighted by molar-refractivity contribution is -0.155. The fourth-order valence-corrected chi connectivity index (χ4v) is 13.2. The van der Waals surface area contributed by atoms with Crippen LogP contribution in [0.5, 0.6) is 11.5 Å². The predicted octanol–water partition coefficient (Wildman–Crippen LogP) is 6.20. The first-order valence-corrected chi connectivity index (χ1v) is 29.8. The minimum absolute atomic E-state index is 0.0411. The number of esters is 1. The summed E-state index contributed by atoms with van der Waals surface area (Å²) in [5.74, 6) is -1.79. The first-order valence-electron chi connectivity index (χ1n) is 28.0. The third-order valence-corrected chi connectivity index (χ3v) is 17.8. The number of likely N-dealkylation sites (N-methyl/N-ethyl adjacent to an activating group) is 1. The second-order valence-electron chi connectivity index (χ2n) is 23.0. The molecule has 6 heterocycles. The number of amides is 3. The van der Waals surface area contributed by atoms with E-state index in [1.165, 1.54) is 9.91 Å². The molecule has 430 valence electrons. The van der Waals surface area contributed by atoms with Crippen molar-refractivity contribution in [2.24, 2.45) is 11.3 Å². The van der Waals surface area contributed by atoms with Gasteiger partial charge in [0.25, 0.3) is 11.8 Å². The van der Waals surface area contributed by atoms with Crippen molar-refractivity contribution in [1.82, 2.24) is 35.1 Å². The summed E-state index contributed by atoms with van der Waals surface area (Å²) < 4.78 is 51.0. The summed E-state index contributed by atoms with van der Waals surface area (Å²) >= 11 is 0. The zero-order valence-corrected chi connectivity index (χ0v) is 48.1. The molecular weight excluding hydrogens is 1040 g/mol. The number of aromatic hydroxyl groups is 1. The lowest BCUT2D eigenvalue weighted by atomic mass is 9.84. The van der Waals surface area contributed by atoms with Crippen molar-refractivity contribution >= 4 is 50.1 Å². The molecule has 80 heavy (non-hydrogen) atoms. The molecule has 3 aromatic carbocycles. The van der Waals surface area contributed by atoms with E-state index in [4.69, 9.17) is 29.7 Å². The van der Waals surface area contributed by atoms with Crippen LogP contribution >= 0.6 is 0 Å². The molecule has 5 N–H and O–H groups in total. The van der Waals surface area contributed by atoms with Crippen LogP contribution in [0.25, 0.3) is 33.3 Å². The highest BCUT2D eigenvalue weighted by molar-refractivity contribution is 7.91. The molecule has 9 rings (SSSR count). The molecule has 6 bridgehead atoms. The van der Waals surface area contributed by atoms with Gasteiger partial charge in [-0.2, -0.15) is 0 Å². The van der Waals surface area contributed by atoms with Gasteiger partial charge in [0, 0.05) is 93.4 Å². The first kappa shape index (κ1) is 58.1. The summed E-state index contributed by atoms with van der Waals surface area (Å²) in [6.45, 7) is 14.8. The normalized spacial score (nSPS) is 22.3. The number of hydrogen-bond donors (Lipinski definition) is 4. The number of pyridine rings is 1. The van der Waals surface area contributed by atoms with Gasteiger partial charge in [-0.15, -0.1) is 0 Å². The number of aromatic nitrogens is 2. The number of phenols is 1. The van der Waals surface area contributed by atoms with Crippen molar-refractivity contribution in [3.63, 3.8) is 0 Å². The molecule has 5 aromatic rings. The Bertz CT molecular complexity index is 3200. The van der Waals surface area contributed by atoms with Gasteiger partial charge in [0.05, 0.1) is 41.8 Å². The van der Waals surface area contributed by atoms with Crippen LogP contribution in [0.3, 0.4) is 0 Å². The number of ether oxygens (including phenoxy) is 4. The zero-order chi connectivity index (χ0) is 57.2. The number of nitrogens with two attached hydrogens (primary N) is 1. The fraction of sp³-hybridized carbons (Fsp3) is 0.517. The molecule has 3 amide bonds. The molecular formula is C60H78N8O11S. The number of phenolic OH excluding ortho intramolecular Hbond substituents is 1. The number of nitrogens with one attached hydrogen (secondary N) is 2. The predicted molar refractivity (Wildman–Crippen MR) is 305 cm³/mol. The van der Waals surface area contributed by atoms with Gasteiger partial charge in [0.2, 0.25) is 5.91 Å². The second-order valence-corrected chi connectivity index (χ2v) is 25.3. The van der Waals surface area contributed by atoms with E-state index in [-0.39, 0.29) is 54.6 Å². The quantitative estimate of drug-likeness (QED) is 0.0716. The topological polar surface area (TPSA) is 237 Å². The van der Waals surface area contributed by atoms with Crippen LogP contribution in [-0.4, -0.2) is 157 Å². The van der Waals surface area contributed by atoms with Crippen molar-refractivity contribution in [1.29, 1.82) is 0 Å². The Morgan fingerprint density at radius 3 is 2.46 bits per heavy atom. The number of benzene rings is 3. The Morgan fingerprint density at radius 1 is 1.00 bits per heavy atom. The van der Waals surface area contributed by atoms with Gasteiger partial charge < -0.3 is 44.6 Å². The summed E-state index contributed by atoms with van der Waals surface area (Å²) in [5, 5.41) is 16.9. The monoisotopic (exact) mass is 1120 g/mol. The molecule has 6 atom stereocenters. The second kappa shape index (κ2) is 24.3. The van der Waals surface area contributed by atoms with Crippen LogP contribution in [-0.2, 0) is 62.6 Å². The van der Waals surface area contributed by atoms with Crippen LogP contribution in [0.4, 0.5) is 5.69 Å². The highest BCUT2D eigenvalue weighted by Gasteiger charge is 2.43. The number of nitrogen functional groups attached to an aromatic ring is 1. The zero-order valence-electron chi connectivity index (χ0n) is 47.3. The van der Waals surface area contributed by atoms with Gasteiger partial charge in [-0.05, 0) is 116 Å². The molecule has 0 saturated carbocycles. The molecule has 6 unspecified atom stereocenters. The van der Waals surface area contributed by atoms with Crippen molar-refractivity contribution in [3.05, 3.63) is 95.3 Å². The van der Waals surface area contributed by atoms with Gasteiger partial charge >= 0.3 is 5.97 Å². The number of hydrazine groups is 1. The lowest BCUT2D eigenvalue weighted by Gasteiger charge is -2.37. The SMILES string of the molecule is CCn1c(-c2cc(OCCN3CCS(=O)(=O)CC3)cnc2C(C)OC)c2c3cc(ccc31)-c1cc(O)cc(c1)CC(NC(=O)C(C(C)C)N(C)C(=O)C1OCCC1c1ccc(N)cc1)C(=O)N1CCCC(N1)C(=O)OCC(C)(C)C2. The van der Waals surface area contributed by atoms with Crippen LogP contribution in [0, 0.1) is 11.3 Å². The van der Waals surface area contributed by atoms with Gasteiger partial charge in [0.15, 0.2) is 9.84 Å². The third kappa shape index (κ3) is 12.8.